The average molecular weight is 1140 g/mol. The predicted octanol–water partition coefficient (Wildman–Crippen LogP) is 23.9. The molecule has 0 saturated carbocycles. The number of esters is 1. The summed E-state index contributed by atoms with van der Waals surface area (Å²) in [5.74, 6) is -0.0468. The molecule has 0 aromatic carbocycles. The lowest BCUT2D eigenvalue weighted by Gasteiger charge is -2.20. The number of rotatable bonds is 69. The Labute approximate surface area is 506 Å². The number of allylic oxidation sites excluding steroid dienone is 5. The highest BCUT2D eigenvalue weighted by molar-refractivity contribution is 5.76. The van der Waals surface area contributed by atoms with Gasteiger partial charge in [-0.1, -0.05) is 365 Å². The molecule has 0 aromatic rings. The summed E-state index contributed by atoms with van der Waals surface area (Å²) < 4.78 is 5.49. The fourth-order valence-electron chi connectivity index (χ4n) is 11.6. The second-order valence-electron chi connectivity index (χ2n) is 25.3. The summed E-state index contributed by atoms with van der Waals surface area (Å²) in [5.41, 5.74) is 0. The Bertz CT molecular complexity index is 1310. The first-order chi connectivity index (χ1) is 40.0. The van der Waals surface area contributed by atoms with E-state index in [9.17, 15) is 19.8 Å². The van der Waals surface area contributed by atoms with Crippen LogP contribution in [0.15, 0.2) is 36.5 Å². The van der Waals surface area contributed by atoms with E-state index in [1.807, 2.05) is 6.08 Å². The van der Waals surface area contributed by atoms with Crippen molar-refractivity contribution in [2.75, 3.05) is 13.2 Å². The van der Waals surface area contributed by atoms with Gasteiger partial charge in [-0.25, -0.2) is 0 Å². The zero-order valence-electron chi connectivity index (χ0n) is 54.8. The maximum absolute atomic E-state index is 12.5. The number of carbonyl (C=O) groups excluding carboxylic acids is 2. The second-order valence-corrected chi connectivity index (χ2v) is 25.3. The molecule has 0 rings (SSSR count). The van der Waals surface area contributed by atoms with Gasteiger partial charge in [0.15, 0.2) is 0 Å². The number of hydrogen-bond donors (Lipinski definition) is 3. The molecule has 1 amide bonds. The summed E-state index contributed by atoms with van der Waals surface area (Å²) in [4.78, 5) is 24.6. The average Bonchev–Trinajstić information content (AvgIpc) is 3.47. The van der Waals surface area contributed by atoms with Crippen LogP contribution in [0.25, 0.3) is 0 Å². The lowest BCUT2D eigenvalue weighted by atomic mass is 10.0. The van der Waals surface area contributed by atoms with Crippen LogP contribution in [0.3, 0.4) is 0 Å². The zero-order chi connectivity index (χ0) is 58.5. The van der Waals surface area contributed by atoms with Gasteiger partial charge >= 0.3 is 5.97 Å². The minimum atomic E-state index is -0.844. The molecular weight excluding hydrogens is 995 g/mol. The Balaban J connectivity index is 3.40. The zero-order valence-corrected chi connectivity index (χ0v) is 54.8. The maximum atomic E-state index is 12.5. The van der Waals surface area contributed by atoms with Gasteiger partial charge in [0.05, 0.1) is 25.4 Å². The van der Waals surface area contributed by atoms with Gasteiger partial charge in [0.1, 0.15) is 0 Å². The first kappa shape index (κ1) is 79.1. The van der Waals surface area contributed by atoms with Gasteiger partial charge in [-0.15, -0.1) is 0 Å². The molecular formula is C75H143NO5. The Morgan fingerprint density at radius 1 is 0.346 bits per heavy atom. The van der Waals surface area contributed by atoms with Crippen molar-refractivity contribution in [3.05, 3.63) is 36.5 Å². The highest BCUT2D eigenvalue weighted by Crippen LogP contribution is 2.19. The van der Waals surface area contributed by atoms with E-state index >= 15 is 0 Å². The number of ether oxygens (including phenoxy) is 1. The van der Waals surface area contributed by atoms with Gasteiger partial charge in [-0.3, -0.25) is 9.59 Å². The number of hydrogen-bond acceptors (Lipinski definition) is 5. The van der Waals surface area contributed by atoms with Crippen LogP contribution in [0.2, 0.25) is 0 Å². The van der Waals surface area contributed by atoms with Gasteiger partial charge in [0, 0.05) is 12.8 Å². The molecule has 3 N–H and O–H groups in total. The molecule has 0 spiro atoms. The third-order valence-corrected chi connectivity index (χ3v) is 17.2. The van der Waals surface area contributed by atoms with Gasteiger partial charge < -0.3 is 20.3 Å². The fourth-order valence-corrected chi connectivity index (χ4v) is 11.6. The van der Waals surface area contributed by atoms with Crippen LogP contribution >= 0.6 is 0 Å². The summed E-state index contributed by atoms with van der Waals surface area (Å²) in [6.45, 7) is 4.94. The minimum absolute atomic E-state index is 0.0159. The Morgan fingerprint density at radius 3 is 0.938 bits per heavy atom. The normalized spacial score (nSPS) is 12.7. The van der Waals surface area contributed by atoms with Crippen LogP contribution in [0, 0.1) is 0 Å². The Morgan fingerprint density at radius 2 is 0.617 bits per heavy atom. The second kappa shape index (κ2) is 70.6. The lowest BCUT2D eigenvalue weighted by molar-refractivity contribution is -0.143. The van der Waals surface area contributed by atoms with Crippen molar-refractivity contribution < 1.29 is 24.5 Å². The summed E-state index contributed by atoms with van der Waals surface area (Å²) in [5, 5.41) is 23.2. The Kier molecular flexibility index (Phi) is 68.9. The van der Waals surface area contributed by atoms with Crippen molar-refractivity contribution in [1.29, 1.82) is 0 Å². The topological polar surface area (TPSA) is 95.9 Å². The molecule has 2 unspecified atom stereocenters. The summed E-state index contributed by atoms with van der Waals surface area (Å²) in [7, 11) is 0. The van der Waals surface area contributed by atoms with Crippen LogP contribution < -0.4 is 5.32 Å². The molecule has 6 heteroatoms. The predicted molar refractivity (Wildman–Crippen MR) is 356 cm³/mol. The van der Waals surface area contributed by atoms with E-state index in [2.05, 4.69) is 43.5 Å². The number of amides is 1. The molecule has 2 atom stereocenters. The van der Waals surface area contributed by atoms with Crippen LogP contribution in [-0.4, -0.2) is 47.4 Å². The standard InChI is InChI=1S/C75H143NO5/c1-3-5-7-9-11-13-15-17-18-19-37-40-44-47-51-55-59-63-67-73(78)72(71-77)76-74(79)68-64-60-56-52-48-45-41-38-35-33-31-29-27-25-23-21-20-22-24-26-28-30-32-34-36-39-42-46-50-54-58-62-66-70-81-75(80)69-65-61-57-53-49-43-16-14-12-10-8-6-4-2/h24,26,30,32,63,67,72-73,77-78H,3-23,25,27-29,31,33-62,64-66,68-71H2,1-2H3,(H,76,79)/b26-24-,32-30-,67-63+. The van der Waals surface area contributed by atoms with Crippen LogP contribution in [-0.2, 0) is 14.3 Å². The smallest absolute Gasteiger partial charge is 0.305 e. The quantitative estimate of drug-likeness (QED) is 0.0320. The third-order valence-electron chi connectivity index (χ3n) is 17.2. The van der Waals surface area contributed by atoms with Gasteiger partial charge in [-0.05, 0) is 64.2 Å². The van der Waals surface area contributed by atoms with Crippen LogP contribution in [0.4, 0.5) is 0 Å². The van der Waals surface area contributed by atoms with Crippen molar-refractivity contribution in [1.82, 2.24) is 5.32 Å². The number of carbonyl (C=O) groups is 2. The first-order valence-corrected chi connectivity index (χ1v) is 36.8. The molecule has 0 bridgehead atoms. The fraction of sp³-hybridized carbons (Fsp3) is 0.893. The molecule has 0 radical (unpaired) electrons. The van der Waals surface area contributed by atoms with Crippen molar-refractivity contribution in [3.8, 4) is 0 Å². The summed E-state index contributed by atoms with van der Waals surface area (Å²) >= 11 is 0. The van der Waals surface area contributed by atoms with E-state index in [0.29, 0.717) is 19.4 Å². The largest absolute Gasteiger partial charge is 0.466 e. The molecule has 0 saturated heterocycles. The molecule has 6 nitrogen and oxygen atoms in total. The van der Waals surface area contributed by atoms with Crippen molar-refractivity contribution >= 4 is 11.9 Å². The SMILES string of the molecule is CCCCCCCCCCCCCCCCCC/C=C/C(O)C(CO)NC(=O)CCCCCCCCCCCCCCCCCCC/C=C\C/C=C\CCCCCCCCCCCOC(=O)CCCCCCCCCCCCCCC. The maximum Gasteiger partial charge on any atom is 0.305 e. The van der Waals surface area contributed by atoms with Crippen molar-refractivity contribution in [2.45, 2.75) is 418 Å². The third kappa shape index (κ3) is 67.1. The molecule has 0 heterocycles. The van der Waals surface area contributed by atoms with Gasteiger partial charge in [-0.2, -0.15) is 0 Å². The lowest BCUT2D eigenvalue weighted by Crippen LogP contribution is -2.45. The molecule has 0 aliphatic rings. The minimum Gasteiger partial charge on any atom is -0.466 e. The Hall–Kier alpha value is -1.92. The van der Waals surface area contributed by atoms with Gasteiger partial charge in [0.2, 0.25) is 5.91 Å². The van der Waals surface area contributed by atoms with Crippen LogP contribution in [0.1, 0.15) is 406 Å². The van der Waals surface area contributed by atoms with E-state index in [0.717, 1.165) is 44.9 Å². The van der Waals surface area contributed by atoms with E-state index in [1.165, 1.54) is 334 Å². The molecule has 0 fully saturated rings. The summed E-state index contributed by atoms with van der Waals surface area (Å²) in [6, 6.07) is -0.627. The van der Waals surface area contributed by atoms with Gasteiger partial charge in [0.25, 0.3) is 0 Å². The highest BCUT2D eigenvalue weighted by Gasteiger charge is 2.18. The van der Waals surface area contributed by atoms with E-state index < -0.39 is 12.1 Å². The highest BCUT2D eigenvalue weighted by atomic mass is 16.5. The number of nitrogens with one attached hydrogen (secondary N) is 1. The molecule has 0 aliphatic heterocycles. The van der Waals surface area contributed by atoms with E-state index in [4.69, 9.17) is 4.74 Å². The first-order valence-electron chi connectivity index (χ1n) is 36.8. The summed E-state index contributed by atoms with van der Waals surface area (Å²) in [6.07, 6.45) is 91.0. The molecule has 478 valence electrons. The monoisotopic (exact) mass is 1140 g/mol. The molecule has 81 heavy (non-hydrogen) atoms. The van der Waals surface area contributed by atoms with Crippen molar-refractivity contribution in [3.63, 3.8) is 0 Å². The van der Waals surface area contributed by atoms with E-state index in [-0.39, 0.29) is 18.5 Å². The molecule has 0 aromatic heterocycles. The number of aliphatic hydroxyl groups excluding tert-OH is 2. The molecule has 0 aliphatic carbocycles. The van der Waals surface area contributed by atoms with Crippen LogP contribution in [0.5, 0.6) is 0 Å². The number of unbranched alkanes of at least 4 members (excludes halogenated alkanes) is 54. The van der Waals surface area contributed by atoms with Crippen molar-refractivity contribution in [2.24, 2.45) is 0 Å². The number of aliphatic hydroxyl groups is 2. The van der Waals surface area contributed by atoms with E-state index in [1.54, 1.807) is 6.08 Å².